The van der Waals surface area contributed by atoms with Crippen molar-refractivity contribution in [3.8, 4) is 5.75 Å². The van der Waals surface area contributed by atoms with Gasteiger partial charge in [0.05, 0.1) is 6.04 Å². The van der Waals surface area contributed by atoms with E-state index in [1.807, 2.05) is 18.2 Å². The highest BCUT2D eigenvalue weighted by Gasteiger charge is 2.39. The van der Waals surface area contributed by atoms with Gasteiger partial charge < -0.3 is 9.47 Å². The normalized spacial score (nSPS) is 18.7. The molecule has 0 saturated heterocycles. The summed E-state index contributed by atoms with van der Waals surface area (Å²) in [5.74, 6) is 0.550. The first-order valence-corrected chi connectivity index (χ1v) is 9.08. The number of carbonyl (C=O) groups is 1. The van der Waals surface area contributed by atoms with Crippen LogP contribution in [0.25, 0.3) is 0 Å². The summed E-state index contributed by atoms with van der Waals surface area (Å²) in [7, 11) is 0. The number of hydrogen-bond acceptors (Lipinski definition) is 5. The van der Waals surface area contributed by atoms with Crippen molar-refractivity contribution in [3.63, 3.8) is 0 Å². The maximum absolute atomic E-state index is 11.7. The molecule has 1 aliphatic heterocycles. The summed E-state index contributed by atoms with van der Waals surface area (Å²) in [5.41, 5.74) is 0.830. The fraction of sp³-hybridized carbons (Fsp3) is 0.526. The lowest BCUT2D eigenvalue weighted by molar-refractivity contribution is -0.156. The number of rotatable bonds is 5. The zero-order chi connectivity index (χ0) is 18.9. The third kappa shape index (κ3) is 4.18. The molecule has 3 rings (SSSR count). The molecule has 6 nitrogen and oxygen atoms in total. The molecular formula is C19H24ClN3O3. The van der Waals surface area contributed by atoms with Crippen LogP contribution in [0.4, 0.5) is 0 Å². The Morgan fingerprint density at radius 1 is 1.46 bits per heavy atom. The van der Waals surface area contributed by atoms with Gasteiger partial charge in [0, 0.05) is 30.2 Å². The molecule has 0 amide bonds. The number of ether oxygens (including phenoxy) is 2. The van der Waals surface area contributed by atoms with Crippen LogP contribution in [-0.2, 0) is 16.0 Å². The minimum Gasteiger partial charge on any atom is -0.490 e. The molecule has 2 heterocycles. The van der Waals surface area contributed by atoms with Crippen LogP contribution in [0.3, 0.4) is 0 Å². The van der Waals surface area contributed by atoms with E-state index in [2.05, 4.69) is 30.9 Å². The van der Waals surface area contributed by atoms with Crippen LogP contribution in [0.15, 0.2) is 30.9 Å². The second-order valence-corrected chi connectivity index (χ2v) is 8.21. The number of aromatic nitrogens is 3. The van der Waals surface area contributed by atoms with E-state index in [4.69, 9.17) is 21.1 Å². The SMILES string of the molecule is CC(=O)OC(C(CC1Cc2cc(Cl)ccc2O1)n1cncn1)C(C)(C)C. The monoisotopic (exact) mass is 377 g/mol. The molecule has 0 N–H and O–H groups in total. The lowest BCUT2D eigenvalue weighted by atomic mass is 9.82. The number of fused-ring (bicyclic) bond motifs is 1. The van der Waals surface area contributed by atoms with Crippen LogP contribution in [0.1, 0.15) is 45.7 Å². The van der Waals surface area contributed by atoms with Gasteiger partial charge in [-0.25, -0.2) is 9.67 Å². The number of esters is 1. The van der Waals surface area contributed by atoms with Crippen molar-refractivity contribution in [1.29, 1.82) is 0 Å². The Bertz CT molecular complexity index is 771. The molecule has 0 spiro atoms. The highest BCUT2D eigenvalue weighted by Crippen LogP contribution is 2.38. The van der Waals surface area contributed by atoms with Gasteiger partial charge >= 0.3 is 5.97 Å². The van der Waals surface area contributed by atoms with Crippen LogP contribution in [-0.4, -0.2) is 32.9 Å². The number of benzene rings is 1. The van der Waals surface area contributed by atoms with Crippen molar-refractivity contribution in [1.82, 2.24) is 14.8 Å². The molecule has 140 valence electrons. The van der Waals surface area contributed by atoms with Gasteiger partial charge in [-0.15, -0.1) is 0 Å². The standard InChI is InChI=1S/C19H24ClN3O3/c1-12(24)25-18(19(2,3)4)16(23-11-21-10-22-23)9-15-8-13-7-14(20)5-6-17(13)26-15/h5-7,10-11,15-16,18H,8-9H2,1-4H3. The smallest absolute Gasteiger partial charge is 0.302 e. The minimum absolute atomic E-state index is 0.0434. The van der Waals surface area contributed by atoms with Crippen molar-refractivity contribution in [2.24, 2.45) is 5.41 Å². The molecule has 0 bridgehead atoms. The lowest BCUT2D eigenvalue weighted by Gasteiger charge is -2.37. The molecule has 0 fully saturated rings. The van der Waals surface area contributed by atoms with Crippen LogP contribution >= 0.6 is 11.6 Å². The minimum atomic E-state index is -0.363. The first-order chi connectivity index (χ1) is 12.2. The lowest BCUT2D eigenvalue weighted by Crippen LogP contribution is -2.41. The van der Waals surface area contributed by atoms with Crippen molar-refractivity contribution in [3.05, 3.63) is 41.4 Å². The molecule has 2 aromatic rings. The molecule has 1 aliphatic rings. The fourth-order valence-corrected chi connectivity index (χ4v) is 3.65. The number of nitrogens with zero attached hydrogens (tertiary/aromatic N) is 3. The van der Waals surface area contributed by atoms with Gasteiger partial charge in [-0.05, 0) is 23.8 Å². The topological polar surface area (TPSA) is 66.2 Å². The Morgan fingerprint density at radius 3 is 2.85 bits per heavy atom. The zero-order valence-corrected chi connectivity index (χ0v) is 16.2. The van der Waals surface area contributed by atoms with Crippen LogP contribution < -0.4 is 4.74 Å². The maximum Gasteiger partial charge on any atom is 0.302 e. The first-order valence-electron chi connectivity index (χ1n) is 8.70. The van der Waals surface area contributed by atoms with Crippen molar-refractivity contribution in [2.75, 3.05) is 0 Å². The van der Waals surface area contributed by atoms with E-state index >= 15 is 0 Å². The molecule has 3 atom stereocenters. The second-order valence-electron chi connectivity index (χ2n) is 7.77. The summed E-state index contributed by atoms with van der Waals surface area (Å²) < 4.78 is 13.6. The Labute approximate surface area is 158 Å². The molecule has 1 aromatic heterocycles. The largest absolute Gasteiger partial charge is 0.490 e. The van der Waals surface area contributed by atoms with Gasteiger partial charge in [0.15, 0.2) is 0 Å². The van der Waals surface area contributed by atoms with E-state index in [1.165, 1.54) is 13.3 Å². The van der Waals surface area contributed by atoms with Gasteiger partial charge in [0.25, 0.3) is 0 Å². The van der Waals surface area contributed by atoms with E-state index in [9.17, 15) is 4.79 Å². The first kappa shape index (κ1) is 18.7. The summed E-state index contributed by atoms with van der Waals surface area (Å²) in [6.07, 6.45) is 4.15. The predicted molar refractivity (Wildman–Crippen MR) is 98.3 cm³/mol. The van der Waals surface area contributed by atoms with Crippen LogP contribution in [0, 0.1) is 5.41 Å². The predicted octanol–water partition coefficient (Wildman–Crippen LogP) is 3.84. The van der Waals surface area contributed by atoms with E-state index in [1.54, 1.807) is 11.0 Å². The quantitative estimate of drug-likeness (QED) is 0.740. The number of hydrogen-bond donors (Lipinski definition) is 0. The molecule has 3 unspecified atom stereocenters. The zero-order valence-electron chi connectivity index (χ0n) is 15.5. The third-order valence-electron chi connectivity index (χ3n) is 4.54. The van der Waals surface area contributed by atoms with E-state index in [-0.39, 0.29) is 29.6 Å². The third-order valence-corrected chi connectivity index (χ3v) is 4.78. The summed E-state index contributed by atoms with van der Waals surface area (Å²) >= 11 is 6.09. The summed E-state index contributed by atoms with van der Waals surface area (Å²) in [6, 6.07) is 5.48. The van der Waals surface area contributed by atoms with Crippen LogP contribution in [0.2, 0.25) is 5.02 Å². The molecule has 0 radical (unpaired) electrons. The Balaban J connectivity index is 1.85. The van der Waals surface area contributed by atoms with E-state index < -0.39 is 0 Å². The Kier molecular flexibility index (Phi) is 5.23. The highest BCUT2D eigenvalue weighted by molar-refractivity contribution is 6.30. The molecule has 26 heavy (non-hydrogen) atoms. The van der Waals surface area contributed by atoms with E-state index in [0.717, 1.165) is 17.7 Å². The van der Waals surface area contributed by atoms with Gasteiger partial charge in [0.1, 0.15) is 30.6 Å². The Hall–Kier alpha value is -2.08. The molecular weight excluding hydrogens is 354 g/mol. The molecule has 0 aliphatic carbocycles. The fourth-order valence-electron chi connectivity index (χ4n) is 3.46. The van der Waals surface area contributed by atoms with Gasteiger partial charge in [0.2, 0.25) is 0 Å². The second kappa shape index (κ2) is 7.27. The Morgan fingerprint density at radius 2 is 2.23 bits per heavy atom. The van der Waals surface area contributed by atoms with Crippen molar-refractivity contribution < 1.29 is 14.3 Å². The van der Waals surface area contributed by atoms with Crippen molar-refractivity contribution in [2.45, 2.75) is 58.8 Å². The molecule has 1 aromatic carbocycles. The van der Waals surface area contributed by atoms with Gasteiger partial charge in [-0.3, -0.25) is 4.79 Å². The van der Waals surface area contributed by atoms with Gasteiger partial charge in [-0.2, -0.15) is 5.10 Å². The highest BCUT2D eigenvalue weighted by atomic mass is 35.5. The maximum atomic E-state index is 11.7. The summed E-state index contributed by atoms with van der Waals surface area (Å²) in [4.78, 5) is 15.8. The van der Waals surface area contributed by atoms with E-state index in [0.29, 0.717) is 11.4 Å². The number of halogens is 1. The molecule has 0 saturated carbocycles. The summed E-state index contributed by atoms with van der Waals surface area (Å²) in [6.45, 7) is 7.58. The van der Waals surface area contributed by atoms with Crippen molar-refractivity contribution >= 4 is 17.6 Å². The average Bonchev–Trinajstić information content (AvgIpc) is 3.18. The summed E-state index contributed by atoms with van der Waals surface area (Å²) in [5, 5.41) is 5.00. The molecule has 7 heteroatoms. The van der Waals surface area contributed by atoms with Crippen LogP contribution in [0.5, 0.6) is 5.75 Å². The van der Waals surface area contributed by atoms with Gasteiger partial charge in [-0.1, -0.05) is 32.4 Å². The number of carbonyl (C=O) groups excluding carboxylic acids is 1. The average molecular weight is 378 g/mol.